The molecule has 0 radical (unpaired) electrons. The minimum atomic E-state index is -0.897. The fourth-order valence-corrected chi connectivity index (χ4v) is 5.62. The Balaban J connectivity index is 0. The lowest BCUT2D eigenvalue weighted by Crippen LogP contribution is -3.00. The number of thioether (sulfide) groups is 1. The minimum Gasteiger partial charge on any atom is -1.00 e. The van der Waals surface area contributed by atoms with E-state index in [2.05, 4.69) is 56.4 Å². The van der Waals surface area contributed by atoms with Crippen LogP contribution in [0.1, 0.15) is 0 Å². The zero-order chi connectivity index (χ0) is 9.12. The van der Waals surface area contributed by atoms with Crippen molar-refractivity contribution in [1.82, 2.24) is 0 Å². The van der Waals surface area contributed by atoms with Gasteiger partial charge in [-0.05, 0) is 19.6 Å². The van der Waals surface area contributed by atoms with Gasteiger partial charge in [-0.1, -0.05) is 19.6 Å². The summed E-state index contributed by atoms with van der Waals surface area (Å²) in [4.78, 5) is 0. The third-order valence-corrected chi connectivity index (χ3v) is 8.58. The van der Waals surface area contributed by atoms with Gasteiger partial charge in [0.15, 0.2) is 0 Å². The molecule has 0 aromatic heterocycles. The molecule has 4 heteroatoms. The highest BCUT2D eigenvalue weighted by Crippen LogP contribution is 2.20. The molecule has 0 aliphatic rings. The number of rotatable bonds is 4. The molecule has 0 fully saturated rings. The summed E-state index contributed by atoms with van der Waals surface area (Å²) in [6.07, 6.45) is 0. The predicted molar refractivity (Wildman–Crippen MR) is 63.5 cm³/mol. The van der Waals surface area contributed by atoms with E-state index in [4.69, 9.17) is 0 Å². The zero-order valence-corrected chi connectivity index (χ0v) is 13.5. The lowest BCUT2D eigenvalue weighted by Gasteiger charge is -2.12. The van der Waals surface area contributed by atoms with E-state index in [0.29, 0.717) is 0 Å². The molecule has 0 aromatic rings. The Hall–Kier alpha value is 1.13. The Kier molecular flexibility index (Phi) is 7.51. The Morgan fingerprint density at radius 2 is 1.42 bits per heavy atom. The fraction of sp³-hybridized carbons (Fsp3) is 0.875. The van der Waals surface area contributed by atoms with E-state index in [1.165, 1.54) is 5.38 Å². The van der Waals surface area contributed by atoms with Crippen molar-refractivity contribution in [2.75, 3.05) is 5.38 Å². The van der Waals surface area contributed by atoms with Crippen molar-refractivity contribution in [2.24, 2.45) is 0 Å². The van der Waals surface area contributed by atoms with Gasteiger partial charge >= 0.3 is 0 Å². The van der Waals surface area contributed by atoms with Gasteiger partial charge in [0.1, 0.15) is 0 Å². The Labute approximate surface area is 94.7 Å². The van der Waals surface area contributed by atoms with E-state index >= 15 is 0 Å². The van der Waals surface area contributed by atoms with Crippen LogP contribution in [0.15, 0.2) is 0 Å². The average Bonchev–Trinajstić information content (AvgIpc) is 1.55. The lowest BCUT2D eigenvalue weighted by molar-refractivity contribution is -0.00000300. The molecule has 0 aliphatic heterocycles. The highest BCUT2D eigenvalue weighted by atomic mass is 79.9. The van der Waals surface area contributed by atoms with Gasteiger partial charge in [-0.15, -0.1) is 0 Å². The highest BCUT2D eigenvalue weighted by molar-refractivity contribution is 8.04. The van der Waals surface area contributed by atoms with Gasteiger partial charge in [-0.25, -0.2) is 0 Å². The number of hydrogen-bond acceptors (Lipinski definition) is 1. The second-order valence-corrected chi connectivity index (χ2v) is 17.6. The van der Waals surface area contributed by atoms with E-state index in [-0.39, 0.29) is 17.0 Å². The molecule has 0 amide bonds. The fourth-order valence-electron chi connectivity index (χ4n) is 0.542. The molecule has 0 saturated heterocycles. The quantitative estimate of drug-likeness (QED) is 0.540. The molecule has 0 atom stereocenters. The predicted octanol–water partition coefficient (Wildman–Crippen LogP) is 0.640. The van der Waals surface area contributed by atoms with E-state index in [9.17, 15) is 0 Å². The van der Waals surface area contributed by atoms with Gasteiger partial charge in [0, 0.05) is 17.1 Å². The van der Waals surface area contributed by atoms with E-state index < -0.39 is 16.1 Å². The standard InChI is InChI=1S/C8H21SSi2.BrH/c1-10(2,3)7-9-8-11(4,5)6;/h7H,8H2,1-6H3;1H/q+1;/p-1. The van der Waals surface area contributed by atoms with Crippen molar-refractivity contribution in [3.8, 4) is 0 Å². The van der Waals surface area contributed by atoms with Crippen LogP contribution >= 0.6 is 11.8 Å². The molecule has 0 N–H and O–H groups in total. The number of halogens is 1. The summed E-state index contributed by atoms with van der Waals surface area (Å²) in [5.74, 6) is 0. The molecule has 0 saturated carbocycles. The van der Waals surface area contributed by atoms with Gasteiger partial charge in [0.05, 0.1) is 13.5 Å². The van der Waals surface area contributed by atoms with Crippen LogP contribution in [0.25, 0.3) is 0 Å². The van der Waals surface area contributed by atoms with Crippen LogP contribution in [0.3, 0.4) is 0 Å². The van der Waals surface area contributed by atoms with Crippen LogP contribution < -0.4 is 17.0 Å². The summed E-state index contributed by atoms with van der Waals surface area (Å²) >= 11 is 2.07. The summed E-state index contributed by atoms with van der Waals surface area (Å²) in [7, 11) is -1.70. The molecule has 0 nitrogen and oxygen atoms in total. The smallest absolute Gasteiger partial charge is 0.272 e. The first kappa shape index (κ1) is 15.6. The molecule has 74 valence electrons. The largest absolute Gasteiger partial charge is 1.00 e. The van der Waals surface area contributed by atoms with Crippen molar-refractivity contribution in [1.29, 1.82) is 0 Å². The molecule has 0 rings (SSSR count). The minimum absolute atomic E-state index is 0. The summed E-state index contributed by atoms with van der Waals surface area (Å²) in [5.41, 5.74) is 0. The van der Waals surface area contributed by atoms with Crippen LogP contribution in [-0.2, 0) is 0 Å². The summed E-state index contributed by atoms with van der Waals surface area (Å²) in [6, 6.07) is 0. The maximum absolute atomic E-state index is 2.51. The van der Waals surface area contributed by atoms with Crippen molar-refractivity contribution >= 4 is 27.9 Å². The van der Waals surface area contributed by atoms with Crippen molar-refractivity contribution < 1.29 is 17.0 Å². The molecular weight excluding hydrogens is 264 g/mol. The first-order valence-electron chi connectivity index (χ1n) is 4.17. The second kappa shape index (κ2) is 5.78. The van der Waals surface area contributed by atoms with Gasteiger partial charge in [-0.3, -0.25) is 0 Å². The number of hydrogen-bond donors (Lipinski definition) is 0. The first-order chi connectivity index (χ1) is 4.71. The SMILES string of the molecule is C[Si](C)(C)[CH+]SC[Si](C)(C)C.[Br-]. The van der Waals surface area contributed by atoms with Gasteiger partial charge in [-0.2, -0.15) is 0 Å². The van der Waals surface area contributed by atoms with Gasteiger partial charge in [0.25, 0.3) is 8.07 Å². The average molecular weight is 285 g/mol. The Morgan fingerprint density at radius 3 is 1.67 bits per heavy atom. The first-order valence-corrected chi connectivity index (χ1v) is 12.5. The normalized spacial score (nSPS) is 12.2. The van der Waals surface area contributed by atoms with E-state index in [0.717, 1.165) is 0 Å². The third kappa shape index (κ3) is 13.7. The molecular formula is C8H21BrSSi2. The monoisotopic (exact) mass is 284 g/mol. The zero-order valence-electron chi connectivity index (χ0n) is 9.07. The van der Waals surface area contributed by atoms with Crippen LogP contribution in [-0.4, -0.2) is 21.5 Å². The molecule has 0 aromatic carbocycles. The molecule has 0 aliphatic carbocycles. The topological polar surface area (TPSA) is 0 Å². The van der Waals surface area contributed by atoms with E-state index in [1.807, 2.05) is 0 Å². The van der Waals surface area contributed by atoms with Crippen LogP contribution in [0, 0.1) is 5.38 Å². The molecule has 0 bridgehead atoms. The highest BCUT2D eigenvalue weighted by Gasteiger charge is 2.28. The summed E-state index contributed by atoms with van der Waals surface area (Å²) < 4.78 is 0. The van der Waals surface area contributed by atoms with Gasteiger partial charge in [0.2, 0.25) is 0 Å². The maximum Gasteiger partial charge on any atom is 0.272 e. The van der Waals surface area contributed by atoms with Crippen LogP contribution in [0.4, 0.5) is 0 Å². The molecule has 0 heterocycles. The second-order valence-electron chi connectivity index (χ2n) is 5.36. The Morgan fingerprint density at radius 1 is 1.00 bits per heavy atom. The van der Waals surface area contributed by atoms with Crippen LogP contribution in [0.5, 0.6) is 0 Å². The maximum atomic E-state index is 2.51. The molecule has 0 unspecified atom stereocenters. The van der Waals surface area contributed by atoms with Crippen molar-refractivity contribution in [2.45, 2.75) is 39.3 Å². The van der Waals surface area contributed by atoms with Gasteiger partial charge < -0.3 is 17.0 Å². The summed E-state index contributed by atoms with van der Waals surface area (Å²) in [6.45, 7) is 14.5. The molecule has 0 spiro atoms. The van der Waals surface area contributed by atoms with Crippen molar-refractivity contribution in [3.63, 3.8) is 0 Å². The summed E-state index contributed by atoms with van der Waals surface area (Å²) in [5, 5.41) is 3.89. The molecule has 12 heavy (non-hydrogen) atoms. The van der Waals surface area contributed by atoms with E-state index in [1.54, 1.807) is 0 Å². The third-order valence-electron chi connectivity index (χ3n) is 0.953. The van der Waals surface area contributed by atoms with Crippen LogP contribution in [0.2, 0.25) is 39.3 Å². The van der Waals surface area contributed by atoms with Crippen molar-refractivity contribution in [3.05, 3.63) is 5.38 Å². The Bertz CT molecular complexity index is 101. The lowest BCUT2D eigenvalue weighted by atomic mass is 11.7.